The number of carbonyl (C=O) groups is 1. The van der Waals surface area contributed by atoms with Crippen LogP contribution in [0.4, 0.5) is 0 Å². The Kier molecular flexibility index (Phi) is 5.99. The average molecular weight is 408 g/mol. The van der Waals surface area contributed by atoms with Crippen LogP contribution in [0.2, 0.25) is 0 Å². The van der Waals surface area contributed by atoms with Crippen LogP contribution in [0.3, 0.4) is 0 Å². The lowest BCUT2D eigenvalue weighted by molar-refractivity contribution is -0.133. The Balaban J connectivity index is 1.27. The standard InChI is InChI=1S/C23H29N5O2/c1-17-21-14-19(15-24-23(21)26(2)25-17)16-27-10-12-28(13-11-27)22(29)9-6-18-4-7-20(30-3)8-5-18/h4-5,7-8,14-15H,6,9-13,16H2,1-3H3. The minimum atomic E-state index is 0.236. The van der Waals surface area contributed by atoms with E-state index in [0.717, 1.165) is 67.2 Å². The van der Waals surface area contributed by atoms with Crippen molar-refractivity contribution < 1.29 is 9.53 Å². The largest absolute Gasteiger partial charge is 0.497 e. The predicted octanol–water partition coefficient (Wildman–Crippen LogP) is 2.56. The molecule has 0 bridgehead atoms. The zero-order valence-corrected chi connectivity index (χ0v) is 18.0. The van der Waals surface area contributed by atoms with Gasteiger partial charge in [-0.2, -0.15) is 5.10 Å². The summed E-state index contributed by atoms with van der Waals surface area (Å²) >= 11 is 0. The molecule has 0 aliphatic carbocycles. The molecular weight excluding hydrogens is 378 g/mol. The van der Waals surface area contributed by atoms with E-state index in [1.807, 2.05) is 54.0 Å². The summed E-state index contributed by atoms with van der Waals surface area (Å²) in [6.07, 6.45) is 3.25. The lowest BCUT2D eigenvalue weighted by Gasteiger charge is -2.34. The van der Waals surface area contributed by atoms with Crippen LogP contribution in [-0.2, 0) is 24.8 Å². The van der Waals surface area contributed by atoms with Gasteiger partial charge in [0.2, 0.25) is 5.91 Å². The van der Waals surface area contributed by atoms with Gasteiger partial charge >= 0.3 is 0 Å². The molecule has 1 aromatic carbocycles. The zero-order chi connectivity index (χ0) is 21.1. The summed E-state index contributed by atoms with van der Waals surface area (Å²) in [6, 6.07) is 10.1. The van der Waals surface area contributed by atoms with Crippen LogP contribution >= 0.6 is 0 Å². The van der Waals surface area contributed by atoms with E-state index < -0.39 is 0 Å². The number of amides is 1. The smallest absolute Gasteiger partial charge is 0.222 e. The van der Waals surface area contributed by atoms with Crippen molar-refractivity contribution >= 4 is 16.9 Å². The molecule has 2 aromatic heterocycles. The summed E-state index contributed by atoms with van der Waals surface area (Å²) < 4.78 is 7.01. The molecule has 158 valence electrons. The van der Waals surface area contributed by atoms with Crippen LogP contribution in [0, 0.1) is 6.92 Å². The van der Waals surface area contributed by atoms with E-state index >= 15 is 0 Å². The van der Waals surface area contributed by atoms with Gasteiger partial charge in [0, 0.05) is 57.8 Å². The number of rotatable bonds is 6. The number of ether oxygens (including phenoxy) is 1. The second kappa shape index (κ2) is 8.83. The van der Waals surface area contributed by atoms with Gasteiger partial charge in [-0.25, -0.2) is 4.98 Å². The molecule has 0 saturated carbocycles. The van der Waals surface area contributed by atoms with Gasteiger partial charge in [-0.05, 0) is 42.7 Å². The molecule has 1 saturated heterocycles. The number of piperazine rings is 1. The highest BCUT2D eigenvalue weighted by molar-refractivity contribution is 5.78. The van der Waals surface area contributed by atoms with Crippen LogP contribution in [0.25, 0.3) is 11.0 Å². The monoisotopic (exact) mass is 407 g/mol. The number of methoxy groups -OCH3 is 1. The molecule has 30 heavy (non-hydrogen) atoms. The maximum Gasteiger partial charge on any atom is 0.222 e. The fourth-order valence-electron chi connectivity index (χ4n) is 4.05. The van der Waals surface area contributed by atoms with Crippen LogP contribution in [-0.4, -0.2) is 63.8 Å². The van der Waals surface area contributed by atoms with E-state index in [2.05, 4.69) is 21.0 Å². The predicted molar refractivity (Wildman–Crippen MR) is 116 cm³/mol. The maximum absolute atomic E-state index is 12.6. The van der Waals surface area contributed by atoms with E-state index in [9.17, 15) is 4.79 Å². The van der Waals surface area contributed by atoms with Gasteiger partial charge in [0.1, 0.15) is 5.75 Å². The summed E-state index contributed by atoms with van der Waals surface area (Å²) in [6.45, 7) is 6.21. The molecule has 0 radical (unpaired) electrons. The fourth-order valence-corrected chi connectivity index (χ4v) is 4.05. The fraction of sp³-hybridized carbons (Fsp3) is 0.435. The van der Waals surface area contributed by atoms with Crippen molar-refractivity contribution in [3.8, 4) is 5.75 Å². The first kappa shape index (κ1) is 20.3. The average Bonchev–Trinajstić information content (AvgIpc) is 3.06. The van der Waals surface area contributed by atoms with Crippen molar-refractivity contribution in [3.63, 3.8) is 0 Å². The first-order valence-electron chi connectivity index (χ1n) is 10.4. The van der Waals surface area contributed by atoms with E-state index in [1.54, 1.807) is 7.11 Å². The summed E-state index contributed by atoms with van der Waals surface area (Å²) in [4.78, 5) is 21.6. The van der Waals surface area contributed by atoms with Crippen molar-refractivity contribution in [2.75, 3.05) is 33.3 Å². The van der Waals surface area contributed by atoms with Crippen molar-refractivity contribution in [3.05, 3.63) is 53.3 Å². The van der Waals surface area contributed by atoms with Gasteiger partial charge in [-0.15, -0.1) is 0 Å². The van der Waals surface area contributed by atoms with Crippen molar-refractivity contribution in [1.29, 1.82) is 0 Å². The lowest BCUT2D eigenvalue weighted by Crippen LogP contribution is -2.48. The summed E-state index contributed by atoms with van der Waals surface area (Å²) in [5, 5.41) is 5.56. The molecule has 1 aliphatic rings. The second-order valence-corrected chi connectivity index (χ2v) is 7.93. The molecule has 0 unspecified atom stereocenters. The maximum atomic E-state index is 12.6. The highest BCUT2D eigenvalue weighted by atomic mass is 16.5. The normalized spacial score (nSPS) is 15.0. The molecule has 0 spiro atoms. The van der Waals surface area contributed by atoms with Gasteiger partial charge in [0.15, 0.2) is 5.65 Å². The highest BCUT2D eigenvalue weighted by Gasteiger charge is 2.21. The quantitative estimate of drug-likeness (QED) is 0.628. The Hall–Kier alpha value is -2.93. The van der Waals surface area contributed by atoms with E-state index in [0.29, 0.717) is 6.42 Å². The number of fused-ring (bicyclic) bond motifs is 1. The second-order valence-electron chi connectivity index (χ2n) is 7.93. The minimum absolute atomic E-state index is 0.236. The van der Waals surface area contributed by atoms with E-state index in [-0.39, 0.29) is 5.91 Å². The highest BCUT2D eigenvalue weighted by Crippen LogP contribution is 2.18. The number of hydrogen-bond acceptors (Lipinski definition) is 5. The summed E-state index contributed by atoms with van der Waals surface area (Å²) in [5.74, 6) is 1.08. The first-order chi connectivity index (χ1) is 14.5. The zero-order valence-electron chi connectivity index (χ0n) is 18.0. The van der Waals surface area contributed by atoms with Crippen LogP contribution in [0.15, 0.2) is 36.5 Å². The third-order valence-corrected chi connectivity index (χ3v) is 5.84. The van der Waals surface area contributed by atoms with Gasteiger partial charge in [0.05, 0.1) is 12.8 Å². The molecule has 0 N–H and O–H groups in total. The molecule has 1 aliphatic heterocycles. The molecule has 3 aromatic rings. The number of benzene rings is 1. The Bertz CT molecular complexity index is 1020. The number of nitrogens with zero attached hydrogens (tertiary/aromatic N) is 5. The number of carbonyl (C=O) groups excluding carboxylic acids is 1. The van der Waals surface area contributed by atoms with E-state index in [1.165, 1.54) is 5.56 Å². The van der Waals surface area contributed by atoms with Gasteiger partial charge in [0.25, 0.3) is 0 Å². The third-order valence-electron chi connectivity index (χ3n) is 5.84. The number of aryl methyl sites for hydroxylation is 3. The molecule has 3 heterocycles. The number of hydrogen-bond donors (Lipinski definition) is 0. The number of aromatic nitrogens is 3. The van der Waals surface area contributed by atoms with Crippen molar-refractivity contribution in [2.45, 2.75) is 26.3 Å². The van der Waals surface area contributed by atoms with Crippen LogP contribution < -0.4 is 4.74 Å². The van der Waals surface area contributed by atoms with Gasteiger partial charge in [-0.3, -0.25) is 14.4 Å². The van der Waals surface area contributed by atoms with Gasteiger partial charge in [-0.1, -0.05) is 12.1 Å². The molecule has 0 atom stereocenters. The Morgan fingerprint density at radius 1 is 1.10 bits per heavy atom. The third kappa shape index (κ3) is 4.46. The molecule has 1 amide bonds. The summed E-state index contributed by atoms with van der Waals surface area (Å²) in [7, 11) is 3.58. The molecule has 1 fully saturated rings. The van der Waals surface area contributed by atoms with Gasteiger partial charge < -0.3 is 9.64 Å². The summed E-state index contributed by atoms with van der Waals surface area (Å²) in [5.41, 5.74) is 4.28. The van der Waals surface area contributed by atoms with E-state index in [4.69, 9.17) is 4.74 Å². The Labute approximate surface area is 177 Å². The number of pyridine rings is 1. The van der Waals surface area contributed by atoms with Crippen LogP contribution in [0.1, 0.15) is 23.2 Å². The SMILES string of the molecule is COc1ccc(CCC(=O)N2CCN(Cc3cnc4c(c3)c(C)nn4C)CC2)cc1. The van der Waals surface area contributed by atoms with Crippen molar-refractivity contribution in [2.24, 2.45) is 7.05 Å². The van der Waals surface area contributed by atoms with Crippen molar-refractivity contribution in [1.82, 2.24) is 24.6 Å². The lowest BCUT2D eigenvalue weighted by atomic mass is 10.1. The first-order valence-corrected chi connectivity index (χ1v) is 10.4. The molecule has 4 rings (SSSR count). The molecule has 7 heteroatoms. The van der Waals surface area contributed by atoms with Crippen LogP contribution in [0.5, 0.6) is 5.75 Å². The topological polar surface area (TPSA) is 63.5 Å². The Morgan fingerprint density at radius 3 is 2.53 bits per heavy atom. The Morgan fingerprint density at radius 2 is 1.83 bits per heavy atom. The molecule has 7 nitrogen and oxygen atoms in total. The molecular formula is C23H29N5O2. The minimum Gasteiger partial charge on any atom is -0.497 e.